The number of amides is 1. The van der Waals surface area contributed by atoms with Gasteiger partial charge in [-0.15, -0.1) is 0 Å². The zero-order valence-corrected chi connectivity index (χ0v) is 12.4. The van der Waals surface area contributed by atoms with Crippen LogP contribution in [0.1, 0.15) is 30.9 Å². The fourth-order valence-electron chi connectivity index (χ4n) is 2.26. The second-order valence-corrected chi connectivity index (χ2v) is 5.34. The van der Waals surface area contributed by atoms with Crippen molar-refractivity contribution in [3.05, 3.63) is 29.3 Å². The van der Waals surface area contributed by atoms with E-state index < -0.39 is 6.10 Å². The summed E-state index contributed by atoms with van der Waals surface area (Å²) >= 11 is 0. The van der Waals surface area contributed by atoms with Gasteiger partial charge in [-0.05, 0) is 50.8 Å². The van der Waals surface area contributed by atoms with Crippen LogP contribution in [0.15, 0.2) is 18.2 Å². The summed E-state index contributed by atoms with van der Waals surface area (Å²) in [7, 11) is 0. The highest BCUT2D eigenvalue weighted by Gasteiger charge is 2.20. The van der Waals surface area contributed by atoms with Gasteiger partial charge < -0.3 is 14.8 Å². The van der Waals surface area contributed by atoms with E-state index >= 15 is 0 Å². The highest BCUT2D eigenvalue weighted by atomic mass is 16.5. The fourth-order valence-corrected chi connectivity index (χ4v) is 2.26. The number of carbonyl (C=O) groups excluding carboxylic acids is 1. The van der Waals surface area contributed by atoms with Crippen LogP contribution in [0.4, 0.5) is 0 Å². The molecular formula is C16H23NO3. The van der Waals surface area contributed by atoms with E-state index in [0.717, 1.165) is 36.3 Å². The molecule has 1 aliphatic heterocycles. The van der Waals surface area contributed by atoms with Crippen molar-refractivity contribution in [2.75, 3.05) is 13.2 Å². The Hall–Kier alpha value is -1.55. The van der Waals surface area contributed by atoms with Gasteiger partial charge in [0.2, 0.25) is 0 Å². The van der Waals surface area contributed by atoms with Crippen LogP contribution >= 0.6 is 0 Å². The molecule has 0 saturated carbocycles. The van der Waals surface area contributed by atoms with Crippen LogP contribution in [-0.4, -0.2) is 31.3 Å². The molecule has 0 spiro atoms. The summed E-state index contributed by atoms with van der Waals surface area (Å²) in [5.41, 5.74) is 2.24. The van der Waals surface area contributed by atoms with E-state index in [4.69, 9.17) is 9.47 Å². The lowest BCUT2D eigenvalue weighted by molar-refractivity contribution is -0.127. The summed E-state index contributed by atoms with van der Waals surface area (Å²) in [6.07, 6.45) is 1.76. The molecule has 0 unspecified atom stereocenters. The number of aryl methyl sites for hydroxylation is 1. The van der Waals surface area contributed by atoms with Crippen molar-refractivity contribution in [1.82, 2.24) is 5.32 Å². The van der Waals surface area contributed by atoms with E-state index in [0.29, 0.717) is 6.54 Å². The number of nitrogens with one attached hydrogen (secondary N) is 1. The van der Waals surface area contributed by atoms with Gasteiger partial charge in [0.25, 0.3) is 5.91 Å². The first-order valence-corrected chi connectivity index (χ1v) is 7.20. The molecule has 1 saturated heterocycles. The highest BCUT2D eigenvalue weighted by molar-refractivity contribution is 5.80. The molecule has 0 aromatic heterocycles. The number of carbonyl (C=O) groups is 1. The van der Waals surface area contributed by atoms with E-state index in [-0.39, 0.29) is 12.0 Å². The molecule has 2 atom stereocenters. The Morgan fingerprint density at radius 2 is 2.30 bits per heavy atom. The van der Waals surface area contributed by atoms with E-state index in [1.807, 2.05) is 32.0 Å². The smallest absolute Gasteiger partial charge is 0.260 e. The predicted molar refractivity (Wildman–Crippen MR) is 78.0 cm³/mol. The standard InChI is InChI=1S/C16H23NO3/c1-11-6-4-8-15(12(11)2)20-13(3)16(18)17-10-14-7-5-9-19-14/h4,6,8,13-14H,5,7,9-10H2,1-3H3,(H,17,18)/t13-,14-/m0/s1. The van der Waals surface area contributed by atoms with Crippen molar-refractivity contribution in [2.45, 2.75) is 45.8 Å². The highest BCUT2D eigenvalue weighted by Crippen LogP contribution is 2.21. The molecule has 4 heteroatoms. The molecule has 0 radical (unpaired) electrons. The number of benzene rings is 1. The molecule has 110 valence electrons. The van der Waals surface area contributed by atoms with Crippen molar-refractivity contribution >= 4 is 5.91 Å². The number of hydrogen-bond donors (Lipinski definition) is 1. The monoisotopic (exact) mass is 277 g/mol. The number of hydrogen-bond acceptors (Lipinski definition) is 3. The Labute approximate surface area is 120 Å². The van der Waals surface area contributed by atoms with Crippen LogP contribution in [0.2, 0.25) is 0 Å². The second kappa shape index (κ2) is 6.75. The Balaban J connectivity index is 1.85. The normalized spacial score (nSPS) is 19.6. The Morgan fingerprint density at radius 1 is 1.50 bits per heavy atom. The van der Waals surface area contributed by atoms with Gasteiger partial charge in [0.1, 0.15) is 5.75 Å². The van der Waals surface area contributed by atoms with E-state index in [1.165, 1.54) is 0 Å². The lowest BCUT2D eigenvalue weighted by Crippen LogP contribution is -2.40. The minimum Gasteiger partial charge on any atom is -0.481 e. The van der Waals surface area contributed by atoms with Crippen molar-refractivity contribution in [2.24, 2.45) is 0 Å². The molecule has 1 N–H and O–H groups in total. The molecular weight excluding hydrogens is 254 g/mol. The number of rotatable bonds is 5. The predicted octanol–water partition coefficient (Wildman–Crippen LogP) is 2.37. The van der Waals surface area contributed by atoms with Gasteiger partial charge >= 0.3 is 0 Å². The minimum absolute atomic E-state index is 0.0959. The van der Waals surface area contributed by atoms with Crippen molar-refractivity contribution in [3.63, 3.8) is 0 Å². The maximum absolute atomic E-state index is 12.0. The quantitative estimate of drug-likeness (QED) is 0.899. The van der Waals surface area contributed by atoms with Gasteiger partial charge in [0, 0.05) is 13.2 Å². The maximum Gasteiger partial charge on any atom is 0.260 e. The van der Waals surface area contributed by atoms with Crippen molar-refractivity contribution in [3.8, 4) is 5.75 Å². The zero-order valence-electron chi connectivity index (χ0n) is 12.4. The molecule has 1 amide bonds. The molecule has 1 aliphatic rings. The molecule has 1 aromatic carbocycles. The first-order valence-electron chi connectivity index (χ1n) is 7.20. The van der Waals surface area contributed by atoms with E-state index in [2.05, 4.69) is 5.32 Å². The third-order valence-electron chi connectivity index (χ3n) is 3.76. The Kier molecular flexibility index (Phi) is 5.01. The molecule has 1 heterocycles. The molecule has 0 aliphatic carbocycles. The second-order valence-electron chi connectivity index (χ2n) is 5.34. The SMILES string of the molecule is Cc1cccc(O[C@@H](C)C(=O)NC[C@@H]2CCCO2)c1C. The summed E-state index contributed by atoms with van der Waals surface area (Å²) < 4.78 is 11.2. The number of ether oxygens (including phenoxy) is 2. The molecule has 1 aromatic rings. The maximum atomic E-state index is 12.0. The topological polar surface area (TPSA) is 47.6 Å². The van der Waals surface area contributed by atoms with E-state index in [9.17, 15) is 4.79 Å². The Bertz CT molecular complexity index is 467. The van der Waals surface area contributed by atoms with Crippen LogP contribution in [0.3, 0.4) is 0 Å². The average Bonchev–Trinajstić information content (AvgIpc) is 2.94. The van der Waals surface area contributed by atoms with Crippen molar-refractivity contribution in [1.29, 1.82) is 0 Å². The first-order chi connectivity index (χ1) is 9.58. The average molecular weight is 277 g/mol. The molecule has 4 nitrogen and oxygen atoms in total. The van der Waals surface area contributed by atoms with Crippen LogP contribution in [-0.2, 0) is 9.53 Å². The largest absolute Gasteiger partial charge is 0.481 e. The summed E-state index contributed by atoms with van der Waals surface area (Å²) in [4.78, 5) is 12.0. The van der Waals surface area contributed by atoms with Crippen molar-refractivity contribution < 1.29 is 14.3 Å². The van der Waals surface area contributed by atoms with Gasteiger partial charge in [0.05, 0.1) is 6.10 Å². The summed E-state index contributed by atoms with van der Waals surface area (Å²) in [6, 6.07) is 5.87. The van der Waals surface area contributed by atoms with Gasteiger partial charge in [-0.25, -0.2) is 0 Å². The summed E-state index contributed by atoms with van der Waals surface area (Å²) in [6.45, 7) is 7.17. The van der Waals surface area contributed by atoms with Crippen LogP contribution < -0.4 is 10.1 Å². The summed E-state index contributed by atoms with van der Waals surface area (Å²) in [5, 5.41) is 2.89. The van der Waals surface area contributed by atoms with Gasteiger partial charge in [0.15, 0.2) is 6.10 Å². The summed E-state index contributed by atoms with van der Waals surface area (Å²) in [5.74, 6) is 0.672. The van der Waals surface area contributed by atoms with Gasteiger partial charge in [-0.3, -0.25) is 4.79 Å². The zero-order chi connectivity index (χ0) is 14.5. The van der Waals surface area contributed by atoms with E-state index in [1.54, 1.807) is 6.92 Å². The third kappa shape index (κ3) is 3.73. The van der Waals surface area contributed by atoms with Crippen LogP contribution in [0.25, 0.3) is 0 Å². The minimum atomic E-state index is -0.503. The lowest BCUT2D eigenvalue weighted by Gasteiger charge is -2.18. The first kappa shape index (κ1) is 14.9. The third-order valence-corrected chi connectivity index (χ3v) is 3.76. The lowest BCUT2D eigenvalue weighted by atomic mass is 10.1. The van der Waals surface area contributed by atoms with Crippen LogP contribution in [0, 0.1) is 13.8 Å². The van der Waals surface area contributed by atoms with Gasteiger partial charge in [-0.2, -0.15) is 0 Å². The molecule has 20 heavy (non-hydrogen) atoms. The fraction of sp³-hybridized carbons (Fsp3) is 0.562. The van der Waals surface area contributed by atoms with Crippen LogP contribution in [0.5, 0.6) is 5.75 Å². The molecule has 0 bridgehead atoms. The Morgan fingerprint density at radius 3 is 3.00 bits per heavy atom. The molecule has 1 fully saturated rings. The molecule has 2 rings (SSSR count). The van der Waals surface area contributed by atoms with Gasteiger partial charge in [-0.1, -0.05) is 12.1 Å².